The Morgan fingerprint density at radius 3 is 2.21 bits per heavy atom. The van der Waals surface area contributed by atoms with Gasteiger partial charge in [-0.1, -0.05) is 37.5 Å². The third-order valence-electron chi connectivity index (χ3n) is 4.46. The number of Topliss-reactive ketones (excluding diaryl/α,β-unsaturated/α-hetero) is 1. The van der Waals surface area contributed by atoms with Gasteiger partial charge in [0.2, 0.25) is 5.91 Å². The van der Waals surface area contributed by atoms with Crippen LogP contribution in [0.25, 0.3) is 0 Å². The Morgan fingerprint density at radius 2 is 1.67 bits per heavy atom. The highest BCUT2D eigenvalue weighted by Gasteiger charge is 2.40. The summed E-state index contributed by atoms with van der Waals surface area (Å²) in [6.07, 6.45) is 5.77. The van der Waals surface area contributed by atoms with Crippen molar-refractivity contribution in [3.8, 4) is 0 Å². The molecule has 1 aliphatic carbocycles. The zero-order chi connectivity index (χ0) is 17.6. The molecule has 128 valence electrons. The maximum absolute atomic E-state index is 12.6. The molecule has 24 heavy (non-hydrogen) atoms. The van der Waals surface area contributed by atoms with Crippen molar-refractivity contribution in [1.29, 1.82) is 0 Å². The number of carbonyl (C=O) groups excluding carboxylic acids is 3. The largest absolute Gasteiger partial charge is 0.351 e. The third-order valence-corrected chi connectivity index (χ3v) is 4.46. The van der Waals surface area contributed by atoms with E-state index in [1.165, 1.54) is 6.92 Å². The van der Waals surface area contributed by atoms with Gasteiger partial charge in [0.25, 0.3) is 5.91 Å². The summed E-state index contributed by atoms with van der Waals surface area (Å²) in [4.78, 5) is 36.5. The highest BCUT2D eigenvalue weighted by molar-refractivity contribution is 6.00. The quantitative estimate of drug-likeness (QED) is 0.622. The number of hydrogen-bond acceptors (Lipinski definition) is 3. The summed E-state index contributed by atoms with van der Waals surface area (Å²) in [5.74, 6) is -0.494. The Bertz CT molecular complexity index is 629. The molecule has 1 aromatic carbocycles. The third kappa shape index (κ3) is 4.10. The molecule has 0 aromatic heterocycles. The van der Waals surface area contributed by atoms with E-state index in [4.69, 9.17) is 0 Å². The molecule has 2 N–H and O–H groups in total. The van der Waals surface area contributed by atoms with E-state index in [1.807, 2.05) is 0 Å². The second-order valence-corrected chi connectivity index (χ2v) is 6.23. The summed E-state index contributed by atoms with van der Waals surface area (Å²) in [6, 6.07) is 6.49. The lowest BCUT2D eigenvalue weighted by atomic mass is 9.80. The Kier molecular flexibility index (Phi) is 5.90. The minimum absolute atomic E-state index is 0.0467. The molecular weight excluding hydrogens is 304 g/mol. The van der Waals surface area contributed by atoms with Crippen molar-refractivity contribution >= 4 is 17.6 Å². The van der Waals surface area contributed by atoms with E-state index in [-0.39, 0.29) is 17.6 Å². The average Bonchev–Trinajstić information content (AvgIpc) is 2.60. The van der Waals surface area contributed by atoms with Crippen LogP contribution < -0.4 is 10.6 Å². The van der Waals surface area contributed by atoms with Gasteiger partial charge in [0, 0.05) is 17.7 Å². The Labute approximate surface area is 142 Å². The molecule has 1 aromatic rings. The highest BCUT2D eigenvalue weighted by atomic mass is 16.2. The molecule has 0 spiro atoms. The van der Waals surface area contributed by atoms with Crippen LogP contribution in [0.2, 0.25) is 0 Å². The summed E-state index contributed by atoms with van der Waals surface area (Å²) in [6.45, 7) is 5.46. The lowest BCUT2D eigenvalue weighted by Gasteiger charge is -2.36. The second kappa shape index (κ2) is 7.90. The second-order valence-electron chi connectivity index (χ2n) is 6.23. The van der Waals surface area contributed by atoms with E-state index in [9.17, 15) is 14.4 Å². The van der Waals surface area contributed by atoms with Gasteiger partial charge in [-0.05, 0) is 31.9 Å². The molecule has 0 saturated heterocycles. The van der Waals surface area contributed by atoms with Gasteiger partial charge in [0.1, 0.15) is 5.54 Å². The molecule has 0 radical (unpaired) electrons. The van der Waals surface area contributed by atoms with Gasteiger partial charge >= 0.3 is 0 Å². The Balaban J connectivity index is 2.16. The number of rotatable bonds is 6. The lowest BCUT2D eigenvalue weighted by Crippen LogP contribution is -2.59. The number of amides is 2. The maximum Gasteiger partial charge on any atom is 0.252 e. The molecular formula is C19H24N2O3. The van der Waals surface area contributed by atoms with E-state index < -0.39 is 5.54 Å². The van der Waals surface area contributed by atoms with Gasteiger partial charge in [0.15, 0.2) is 5.78 Å². The fraction of sp³-hybridized carbons (Fsp3) is 0.421. The molecule has 1 saturated carbocycles. The van der Waals surface area contributed by atoms with Crippen molar-refractivity contribution in [3.63, 3.8) is 0 Å². The topological polar surface area (TPSA) is 75.3 Å². The van der Waals surface area contributed by atoms with Crippen LogP contribution in [0.4, 0.5) is 0 Å². The van der Waals surface area contributed by atoms with Gasteiger partial charge in [-0.2, -0.15) is 0 Å². The number of ketones is 1. The number of benzene rings is 1. The predicted octanol–water partition coefficient (Wildman–Crippen LogP) is 2.62. The predicted molar refractivity (Wildman–Crippen MR) is 92.9 cm³/mol. The SMILES string of the molecule is C=CCNC(=O)C1(NC(=O)c2ccc(C(C)=O)cc2)CCCCC1. The molecule has 2 rings (SSSR count). The summed E-state index contributed by atoms with van der Waals surface area (Å²) in [5, 5.41) is 5.74. The smallest absolute Gasteiger partial charge is 0.252 e. The molecule has 5 nitrogen and oxygen atoms in total. The first-order valence-electron chi connectivity index (χ1n) is 8.31. The summed E-state index contributed by atoms with van der Waals surface area (Å²) in [5.41, 5.74) is 0.140. The van der Waals surface area contributed by atoms with E-state index >= 15 is 0 Å². The normalized spacial score (nSPS) is 16.0. The lowest BCUT2D eigenvalue weighted by molar-refractivity contribution is -0.128. The van der Waals surface area contributed by atoms with Crippen LogP contribution in [0, 0.1) is 0 Å². The van der Waals surface area contributed by atoms with Gasteiger partial charge in [-0.25, -0.2) is 0 Å². The zero-order valence-corrected chi connectivity index (χ0v) is 14.1. The van der Waals surface area contributed by atoms with Gasteiger partial charge in [-0.3, -0.25) is 14.4 Å². The van der Waals surface area contributed by atoms with Crippen molar-refractivity contribution in [2.75, 3.05) is 6.54 Å². The van der Waals surface area contributed by atoms with Crippen molar-refractivity contribution in [2.45, 2.75) is 44.6 Å². The number of nitrogens with one attached hydrogen (secondary N) is 2. The van der Waals surface area contributed by atoms with Crippen LogP contribution in [0.5, 0.6) is 0 Å². The minimum Gasteiger partial charge on any atom is -0.351 e. The van der Waals surface area contributed by atoms with Crippen molar-refractivity contribution in [2.24, 2.45) is 0 Å². The molecule has 0 atom stereocenters. The van der Waals surface area contributed by atoms with Crippen molar-refractivity contribution < 1.29 is 14.4 Å². The molecule has 0 heterocycles. The van der Waals surface area contributed by atoms with E-state index in [1.54, 1.807) is 30.3 Å². The van der Waals surface area contributed by atoms with Crippen LogP contribution in [0.1, 0.15) is 59.7 Å². The Hall–Kier alpha value is -2.43. The fourth-order valence-corrected chi connectivity index (χ4v) is 3.04. The van der Waals surface area contributed by atoms with Crippen LogP contribution in [0.15, 0.2) is 36.9 Å². The first-order valence-corrected chi connectivity index (χ1v) is 8.31. The molecule has 2 amide bonds. The molecule has 5 heteroatoms. The first kappa shape index (κ1) is 17.9. The van der Waals surface area contributed by atoms with E-state index in [0.717, 1.165) is 19.3 Å². The number of carbonyl (C=O) groups is 3. The van der Waals surface area contributed by atoms with Crippen molar-refractivity contribution in [1.82, 2.24) is 10.6 Å². The zero-order valence-electron chi connectivity index (χ0n) is 14.1. The minimum atomic E-state index is -0.864. The van der Waals surface area contributed by atoms with Crippen LogP contribution in [-0.4, -0.2) is 29.7 Å². The highest BCUT2D eigenvalue weighted by Crippen LogP contribution is 2.29. The fourth-order valence-electron chi connectivity index (χ4n) is 3.04. The van der Waals surface area contributed by atoms with Crippen LogP contribution >= 0.6 is 0 Å². The summed E-state index contributed by atoms with van der Waals surface area (Å²) < 4.78 is 0. The molecule has 1 fully saturated rings. The first-order chi connectivity index (χ1) is 11.5. The summed E-state index contributed by atoms with van der Waals surface area (Å²) >= 11 is 0. The molecule has 1 aliphatic rings. The van der Waals surface area contributed by atoms with E-state index in [2.05, 4.69) is 17.2 Å². The van der Waals surface area contributed by atoms with Crippen molar-refractivity contribution in [3.05, 3.63) is 48.0 Å². The van der Waals surface area contributed by atoms with Gasteiger partial charge in [0.05, 0.1) is 0 Å². The Morgan fingerprint density at radius 1 is 1.08 bits per heavy atom. The average molecular weight is 328 g/mol. The number of hydrogen-bond donors (Lipinski definition) is 2. The summed E-state index contributed by atoms with van der Waals surface area (Å²) in [7, 11) is 0. The molecule has 0 bridgehead atoms. The monoisotopic (exact) mass is 328 g/mol. The molecule has 0 aliphatic heterocycles. The molecule has 0 unspecified atom stereocenters. The van der Waals surface area contributed by atoms with E-state index in [0.29, 0.717) is 30.5 Å². The maximum atomic E-state index is 12.6. The standard InChI is InChI=1S/C19H24N2O3/c1-3-13-20-18(24)19(11-5-4-6-12-19)21-17(23)16-9-7-15(8-10-16)14(2)22/h3,7-10H,1,4-6,11-13H2,2H3,(H,20,24)(H,21,23). The van der Waals surface area contributed by atoms with Crippen LogP contribution in [-0.2, 0) is 4.79 Å². The van der Waals surface area contributed by atoms with Gasteiger partial charge in [-0.15, -0.1) is 6.58 Å². The van der Waals surface area contributed by atoms with Gasteiger partial charge < -0.3 is 10.6 Å². The van der Waals surface area contributed by atoms with Crippen LogP contribution in [0.3, 0.4) is 0 Å².